The highest BCUT2D eigenvalue weighted by Gasteiger charge is 2.28. The lowest BCUT2D eigenvalue weighted by atomic mass is 10.0. The van der Waals surface area contributed by atoms with Crippen molar-refractivity contribution in [1.82, 2.24) is 26.2 Å². The molecule has 1 heterocycles. The summed E-state index contributed by atoms with van der Waals surface area (Å²) in [6, 6.07) is 4.62. The maximum absolute atomic E-state index is 12.8. The molecular weight excluding hydrogens is 550 g/mol. The van der Waals surface area contributed by atoms with Gasteiger partial charge in [0.2, 0.25) is 23.6 Å². The monoisotopic (exact) mass is 587 g/mol. The van der Waals surface area contributed by atoms with Gasteiger partial charge >= 0.3 is 6.09 Å². The quantitative estimate of drug-likeness (QED) is 0.108. The number of ether oxygens (including phenoxy) is 1. The number of hydrogen-bond donors (Lipinski definition) is 6. The number of alkyl carbamates (subject to hydrolysis) is 1. The molecule has 1 aromatic carbocycles. The Hall–Kier alpha value is -4.79. The molecule has 0 aromatic heterocycles. The Balaban J connectivity index is 1.77. The van der Waals surface area contributed by atoms with E-state index in [1.165, 1.54) is 6.92 Å². The van der Waals surface area contributed by atoms with Crippen molar-refractivity contribution in [2.75, 3.05) is 31.5 Å². The average molecular weight is 588 g/mol. The van der Waals surface area contributed by atoms with Crippen LogP contribution in [0.4, 0.5) is 10.5 Å². The lowest BCUT2D eigenvalue weighted by molar-refractivity contribution is -0.137. The van der Waals surface area contributed by atoms with Gasteiger partial charge in [0, 0.05) is 43.9 Å². The van der Waals surface area contributed by atoms with Crippen molar-refractivity contribution >= 4 is 47.2 Å². The average Bonchev–Trinajstić information content (AvgIpc) is 3.28. The van der Waals surface area contributed by atoms with Gasteiger partial charge in [-0.25, -0.2) is 4.79 Å². The molecule has 228 valence electrons. The van der Waals surface area contributed by atoms with E-state index in [0.29, 0.717) is 11.3 Å². The molecule has 42 heavy (non-hydrogen) atoms. The van der Waals surface area contributed by atoms with Gasteiger partial charge in [0.1, 0.15) is 18.7 Å². The third-order valence-corrected chi connectivity index (χ3v) is 5.97. The van der Waals surface area contributed by atoms with Crippen LogP contribution in [0, 0.1) is 5.92 Å². The van der Waals surface area contributed by atoms with Crippen LogP contribution in [0.5, 0.6) is 0 Å². The molecule has 0 saturated carbocycles. The number of nitrogens with zero attached hydrogens (tertiary/aromatic N) is 1. The zero-order valence-electron chi connectivity index (χ0n) is 23.7. The first kappa shape index (κ1) is 33.4. The van der Waals surface area contributed by atoms with Crippen LogP contribution in [0.2, 0.25) is 0 Å². The Morgan fingerprint density at radius 2 is 1.48 bits per heavy atom. The topological polar surface area (TPSA) is 218 Å². The van der Waals surface area contributed by atoms with E-state index in [0.717, 1.165) is 17.1 Å². The van der Waals surface area contributed by atoms with E-state index in [1.807, 2.05) is 0 Å². The number of benzene rings is 1. The van der Waals surface area contributed by atoms with Gasteiger partial charge < -0.3 is 37.1 Å². The molecule has 0 fully saturated rings. The van der Waals surface area contributed by atoms with Crippen LogP contribution in [0.1, 0.15) is 32.8 Å². The smallest absolute Gasteiger partial charge is 0.407 e. The molecule has 1 aliphatic rings. The number of imide groups is 1. The fourth-order valence-corrected chi connectivity index (χ4v) is 3.59. The number of hydrogen-bond acceptors (Lipinski definition) is 9. The standard InChI is InChI=1S/C27H37N7O8/c1-16(2)24(33-20(35)10-13-34-22(37)8-9-23(34)38)26(40)31-17(3)25(39)32-19-6-4-18(5-7-19)15-42-27(41)30-12-11-29-21(36)14-28/h4-9,16-17,24H,10-15,28H2,1-3H3,(H,29,36)(H,30,41)(H,31,40)(H,32,39)(H,33,35)/t17-,24-/m0/s1. The second-order valence-electron chi connectivity index (χ2n) is 9.67. The summed E-state index contributed by atoms with van der Waals surface area (Å²) in [6.45, 7) is 5.06. The molecular formula is C27H37N7O8. The first-order valence-corrected chi connectivity index (χ1v) is 13.3. The molecule has 7 N–H and O–H groups in total. The van der Waals surface area contributed by atoms with Crippen molar-refractivity contribution in [3.63, 3.8) is 0 Å². The highest BCUT2D eigenvalue weighted by molar-refractivity contribution is 6.13. The molecule has 0 radical (unpaired) electrons. The van der Waals surface area contributed by atoms with Crippen molar-refractivity contribution in [1.29, 1.82) is 0 Å². The zero-order valence-corrected chi connectivity index (χ0v) is 23.7. The van der Waals surface area contributed by atoms with Crippen molar-refractivity contribution in [2.45, 2.75) is 45.9 Å². The number of nitrogens with one attached hydrogen (secondary N) is 5. The summed E-state index contributed by atoms with van der Waals surface area (Å²) >= 11 is 0. The van der Waals surface area contributed by atoms with E-state index in [2.05, 4.69) is 26.6 Å². The fraction of sp³-hybridized carbons (Fsp3) is 0.444. The SMILES string of the molecule is CC(C)[C@H](NC(=O)CCN1C(=O)C=CC1=O)C(=O)N[C@@H](C)C(=O)Nc1ccc(COC(=O)NCCNC(=O)CN)cc1. The van der Waals surface area contributed by atoms with Crippen LogP contribution in [0.25, 0.3) is 0 Å². The van der Waals surface area contributed by atoms with Crippen LogP contribution in [0.3, 0.4) is 0 Å². The summed E-state index contributed by atoms with van der Waals surface area (Å²) in [5.74, 6) is -3.23. The molecule has 0 spiro atoms. The molecule has 0 bridgehead atoms. The molecule has 2 rings (SSSR count). The number of amides is 7. The van der Waals surface area contributed by atoms with Gasteiger partial charge in [-0.15, -0.1) is 0 Å². The summed E-state index contributed by atoms with van der Waals surface area (Å²) in [7, 11) is 0. The van der Waals surface area contributed by atoms with E-state index < -0.39 is 47.7 Å². The molecule has 1 aliphatic heterocycles. The van der Waals surface area contributed by atoms with E-state index in [4.69, 9.17) is 10.5 Å². The number of rotatable bonds is 15. The largest absolute Gasteiger partial charge is 0.445 e. The molecule has 0 unspecified atom stereocenters. The van der Waals surface area contributed by atoms with E-state index in [1.54, 1.807) is 38.1 Å². The Bertz CT molecular complexity index is 1180. The van der Waals surface area contributed by atoms with Crippen LogP contribution in [-0.2, 0) is 40.1 Å². The Morgan fingerprint density at radius 3 is 2.07 bits per heavy atom. The first-order valence-electron chi connectivity index (χ1n) is 13.3. The maximum Gasteiger partial charge on any atom is 0.407 e. The normalized spacial score (nSPS) is 13.8. The third-order valence-electron chi connectivity index (χ3n) is 5.97. The molecule has 0 aliphatic carbocycles. The van der Waals surface area contributed by atoms with Crippen LogP contribution >= 0.6 is 0 Å². The van der Waals surface area contributed by atoms with Gasteiger partial charge in [-0.1, -0.05) is 26.0 Å². The molecule has 2 atom stereocenters. The molecule has 0 saturated heterocycles. The predicted molar refractivity (Wildman–Crippen MR) is 150 cm³/mol. The van der Waals surface area contributed by atoms with Gasteiger partial charge in [0.15, 0.2) is 0 Å². The van der Waals surface area contributed by atoms with E-state index in [-0.39, 0.29) is 51.0 Å². The van der Waals surface area contributed by atoms with Gasteiger partial charge in [-0.3, -0.25) is 33.7 Å². The van der Waals surface area contributed by atoms with Crippen molar-refractivity contribution < 1.29 is 38.3 Å². The maximum atomic E-state index is 12.8. The molecule has 7 amide bonds. The number of carbonyl (C=O) groups excluding carboxylic acids is 7. The Morgan fingerprint density at radius 1 is 0.857 bits per heavy atom. The lowest BCUT2D eigenvalue weighted by Gasteiger charge is -2.24. The zero-order chi connectivity index (χ0) is 31.2. The van der Waals surface area contributed by atoms with Crippen molar-refractivity contribution in [3.05, 3.63) is 42.0 Å². The minimum absolute atomic E-state index is 0.0223. The van der Waals surface area contributed by atoms with Gasteiger partial charge in [-0.05, 0) is 30.5 Å². The Labute approximate surface area is 242 Å². The summed E-state index contributed by atoms with van der Waals surface area (Å²) in [4.78, 5) is 84.9. The van der Waals surface area contributed by atoms with Gasteiger partial charge in [0.25, 0.3) is 11.8 Å². The minimum atomic E-state index is -0.947. The highest BCUT2D eigenvalue weighted by Crippen LogP contribution is 2.12. The molecule has 15 heteroatoms. The van der Waals surface area contributed by atoms with E-state index >= 15 is 0 Å². The van der Waals surface area contributed by atoms with Gasteiger partial charge in [0.05, 0.1) is 6.54 Å². The van der Waals surface area contributed by atoms with Crippen LogP contribution in [0.15, 0.2) is 36.4 Å². The fourth-order valence-electron chi connectivity index (χ4n) is 3.59. The molecule has 1 aromatic rings. The van der Waals surface area contributed by atoms with Crippen molar-refractivity contribution in [3.8, 4) is 0 Å². The summed E-state index contributed by atoms with van der Waals surface area (Å²) < 4.78 is 5.10. The van der Waals surface area contributed by atoms with Crippen LogP contribution in [-0.4, -0.2) is 84.7 Å². The number of anilines is 1. The highest BCUT2D eigenvalue weighted by atomic mass is 16.5. The summed E-state index contributed by atoms with van der Waals surface area (Å²) in [6.07, 6.45) is 1.41. The van der Waals surface area contributed by atoms with Crippen LogP contribution < -0.4 is 32.3 Å². The number of nitrogens with two attached hydrogens (primary N) is 1. The first-order chi connectivity index (χ1) is 19.9. The number of carbonyl (C=O) groups is 7. The van der Waals surface area contributed by atoms with Gasteiger partial charge in [-0.2, -0.15) is 0 Å². The van der Waals surface area contributed by atoms with E-state index in [9.17, 15) is 33.6 Å². The summed E-state index contributed by atoms with van der Waals surface area (Å²) in [5.41, 5.74) is 6.27. The molecule has 15 nitrogen and oxygen atoms in total. The lowest BCUT2D eigenvalue weighted by Crippen LogP contribution is -2.54. The summed E-state index contributed by atoms with van der Waals surface area (Å²) in [5, 5.41) is 12.8. The Kier molecular flexibility index (Phi) is 13.1. The second kappa shape index (κ2) is 16.5. The predicted octanol–water partition coefficient (Wildman–Crippen LogP) is -1.11. The third kappa shape index (κ3) is 11.0. The van der Waals surface area contributed by atoms with Crippen molar-refractivity contribution in [2.24, 2.45) is 11.7 Å². The second-order valence-corrected chi connectivity index (χ2v) is 9.67. The minimum Gasteiger partial charge on any atom is -0.445 e.